The van der Waals surface area contributed by atoms with Crippen LogP contribution in [0.25, 0.3) is 10.1 Å². The Bertz CT molecular complexity index is 492. The van der Waals surface area contributed by atoms with Crippen molar-refractivity contribution in [2.75, 3.05) is 0 Å². The number of fused-ring (bicyclic) bond motifs is 1. The average molecular weight is 381 g/mol. The number of alkyl halides is 1. The highest BCUT2D eigenvalue weighted by Crippen LogP contribution is 2.32. The number of rotatable bonds is 2. The molecule has 0 amide bonds. The summed E-state index contributed by atoms with van der Waals surface area (Å²) in [7, 11) is 0. The summed E-state index contributed by atoms with van der Waals surface area (Å²) in [6.07, 6.45) is 0.915. The summed E-state index contributed by atoms with van der Waals surface area (Å²) < 4.78 is 2.42. The molecule has 14 heavy (non-hydrogen) atoms. The minimum atomic E-state index is 0.798. The molecular weight excluding hydrogens is 375 g/mol. The number of hydrogen-bond donors (Lipinski definition) is 0. The third-order valence-corrected chi connectivity index (χ3v) is 4.67. The van der Waals surface area contributed by atoms with E-state index in [1.807, 2.05) is 6.07 Å². The van der Waals surface area contributed by atoms with E-state index in [0.29, 0.717) is 0 Å². The van der Waals surface area contributed by atoms with Gasteiger partial charge in [-0.2, -0.15) is 0 Å². The van der Waals surface area contributed by atoms with E-state index in [1.165, 1.54) is 19.2 Å². The second kappa shape index (κ2) is 4.28. The zero-order valence-electron chi connectivity index (χ0n) is 7.09. The van der Waals surface area contributed by atoms with Gasteiger partial charge in [0, 0.05) is 19.0 Å². The number of carbonyl (C=O) groups is 1. The van der Waals surface area contributed by atoms with E-state index >= 15 is 0 Å². The van der Waals surface area contributed by atoms with E-state index < -0.39 is 0 Å². The zero-order chi connectivity index (χ0) is 10.1. The molecule has 1 aromatic heterocycles. The average Bonchev–Trinajstić information content (AvgIpc) is 2.63. The van der Waals surface area contributed by atoms with Gasteiger partial charge in [0.1, 0.15) is 0 Å². The molecule has 0 spiro atoms. The van der Waals surface area contributed by atoms with Crippen LogP contribution in [0.15, 0.2) is 18.2 Å². The monoisotopic (exact) mass is 380 g/mol. The fraction of sp³-hybridized carbons (Fsp3) is 0.100. The van der Waals surface area contributed by atoms with Crippen LogP contribution < -0.4 is 0 Å². The summed E-state index contributed by atoms with van der Waals surface area (Å²) in [6, 6.07) is 6.14. The molecule has 1 heterocycles. The predicted molar refractivity (Wildman–Crippen MR) is 72.6 cm³/mol. The lowest BCUT2D eigenvalue weighted by molar-refractivity contribution is 0.112. The lowest BCUT2D eigenvalue weighted by Crippen LogP contribution is -1.79. The summed E-state index contributed by atoms with van der Waals surface area (Å²) in [4.78, 5) is 11.5. The van der Waals surface area contributed by atoms with Crippen molar-refractivity contribution in [3.63, 3.8) is 0 Å². The van der Waals surface area contributed by atoms with Crippen molar-refractivity contribution < 1.29 is 4.79 Å². The lowest BCUT2D eigenvalue weighted by atomic mass is 10.2. The molecule has 1 nitrogen and oxygen atoms in total. The Hall–Kier alpha value is 0.0600. The molecule has 4 heteroatoms. The third-order valence-electron chi connectivity index (χ3n) is 1.99. The highest BCUT2D eigenvalue weighted by atomic mass is 127. The molecule has 0 N–H and O–H groups in total. The van der Waals surface area contributed by atoms with Gasteiger partial charge in [0.15, 0.2) is 6.29 Å². The quantitative estimate of drug-likeness (QED) is 0.433. The topological polar surface area (TPSA) is 17.1 Å². The van der Waals surface area contributed by atoms with Crippen molar-refractivity contribution in [3.8, 4) is 0 Å². The SMILES string of the molecule is O=Cc1cc2c(I)ccc(CBr)c2s1. The van der Waals surface area contributed by atoms with Crippen molar-refractivity contribution >= 4 is 66.2 Å². The summed E-state index contributed by atoms with van der Waals surface area (Å²) in [5, 5.41) is 2.02. The molecule has 1 aromatic carbocycles. The number of carbonyl (C=O) groups excluding carboxylic acids is 1. The normalized spacial score (nSPS) is 10.7. The fourth-order valence-corrected chi connectivity index (χ4v) is 3.78. The van der Waals surface area contributed by atoms with E-state index in [-0.39, 0.29) is 0 Å². The standard InChI is InChI=1S/C10H6BrIOS/c11-4-6-1-2-9(12)8-3-7(5-13)14-10(6)8/h1-3,5H,4H2. The minimum absolute atomic E-state index is 0.798. The van der Waals surface area contributed by atoms with Crippen LogP contribution in [0.5, 0.6) is 0 Å². The van der Waals surface area contributed by atoms with E-state index in [0.717, 1.165) is 16.5 Å². The Morgan fingerprint density at radius 1 is 1.50 bits per heavy atom. The maximum Gasteiger partial charge on any atom is 0.160 e. The first kappa shape index (κ1) is 10.6. The third kappa shape index (κ3) is 1.75. The Balaban J connectivity index is 2.81. The van der Waals surface area contributed by atoms with Gasteiger partial charge in [0.25, 0.3) is 0 Å². The van der Waals surface area contributed by atoms with E-state index in [9.17, 15) is 4.79 Å². The largest absolute Gasteiger partial charge is 0.297 e. The maximum absolute atomic E-state index is 10.7. The van der Waals surface area contributed by atoms with Gasteiger partial charge in [0.2, 0.25) is 0 Å². The van der Waals surface area contributed by atoms with Gasteiger partial charge in [-0.1, -0.05) is 22.0 Å². The Morgan fingerprint density at radius 3 is 2.93 bits per heavy atom. The van der Waals surface area contributed by atoms with E-state index in [2.05, 4.69) is 50.7 Å². The molecular formula is C10H6BrIOS. The first-order valence-electron chi connectivity index (χ1n) is 3.98. The molecule has 0 aliphatic carbocycles. The van der Waals surface area contributed by atoms with Crippen LogP contribution >= 0.6 is 49.9 Å². The number of halogens is 2. The summed E-state index contributed by atoms with van der Waals surface area (Å²) in [6.45, 7) is 0. The van der Waals surface area contributed by atoms with Gasteiger partial charge in [0.05, 0.1) is 4.88 Å². The summed E-state index contributed by atoms with van der Waals surface area (Å²) in [5.74, 6) is 0. The van der Waals surface area contributed by atoms with Crippen LogP contribution in [0.3, 0.4) is 0 Å². The van der Waals surface area contributed by atoms with Crippen LogP contribution in [0.4, 0.5) is 0 Å². The second-order valence-corrected chi connectivity index (χ2v) is 5.66. The van der Waals surface area contributed by atoms with Crippen LogP contribution in [-0.4, -0.2) is 6.29 Å². The summed E-state index contributed by atoms with van der Waals surface area (Å²) in [5.41, 5.74) is 1.25. The molecule has 0 saturated carbocycles. The van der Waals surface area contributed by atoms with E-state index in [1.54, 1.807) is 11.3 Å². The highest BCUT2D eigenvalue weighted by molar-refractivity contribution is 14.1. The molecule has 0 aliphatic heterocycles. The smallest absolute Gasteiger partial charge is 0.160 e. The number of aldehydes is 1. The maximum atomic E-state index is 10.7. The molecule has 0 saturated heterocycles. The summed E-state index contributed by atoms with van der Waals surface area (Å²) >= 11 is 7.31. The van der Waals surface area contributed by atoms with Crippen molar-refractivity contribution in [3.05, 3.63) is 32.2 Å². The molecule has 72 valence electrons. The molecule has 0 unspecified atom stereocenters. The molecule has 2 rings (SSSR count). The van der Waals surface area contributed by atoms with Gasteiger partial charge in [-0.15, -0.1) is 11.3 Å². The van der Waals surface area contributed by atoms with Gasteiger partial charge in [-0.3, -0.25) is 4.79 Å². The second-order valence-electron chi connectivity index (χ2n) is 2.85. The predicted octanol–water partition coefficient (Wildman–Crippen LogP) is 4.21. The minimum Gasteiger partial charge on any atom is -0.297 e. The first-order chi connectivity index (χ1) is 6.76. The molecule has 0 atom stereocenters. The Morgan fingerprint density at radius 2 is 2.29 bits per heavy atom. The van der Waals surface area contributed by atoms with Crippen molar-refractivity contribution in [2.45, 2.75) is 5.33 Å². The molecule has 0 aliphatic rings. The van der Waals surface area contributed by atoms with Gasteiger partial charge >= 0.3 is 0 Å². The number of hydrogen-bond acceptors (Lipinski definition) is 2. The van der Waals surface area contributed by atoms with Gasteiger partial charge in [-0.05, 0) is 40.3 Å². The fourth-order valence-electron chi connectivity index (χ4n) is 1.33. The molecule has 2 aromatic rings. The number of thiophene rings is 1. The lowest BCUT2D eigenvalue weighted by Gasteiger charge is -1.99. The molecule has 0 fully saturated rings. The van der Waals surface area contributed by atoms with Crippen molar-refractivity contribution in [1.29, 1.82) is 0 Å². The van der Waals surface area contributed by atoms with E-state index in [4.69, 9.17) is 0 Å². The van der Waals surface area contributed by atoms with Crippen LogP contribution in [0, 0.1) is 3.57 Å². The van der Waals surface area contributed by atoms with Crippen LogP contribution in [-0.2, 0) is 5.33 Å². The molecule has 0 bridgehead atoms. The van der Waals surface area contributed by atoms with Crippen LogP contribution in [0.1, 0.15) is 15.2 Å². The Kier molecular flexibility index (Phi) is 3.23. The van der Waals surface area contributed by atoms with Crippen molar-refractivity contribution in [2.24, 2.45) is 0 Å². The van der Waals surface area contributed by atoms with Gasteiger partial charge in [-0.25, -0.2) is 0 Å². The molecule has 0 radical (unpaired) electrons. The van der Waals surface area contributed by atoms with Crippen molar-refractivity contribution in [1.82, 2.24) is 0 Å². The van der Waals surface area contributed by atoms with Crippen LogP contribution in [0.2, 0.25) is 0 Å². The highest BCUT2D eigenvalue weighted by Gasteiger charge is 2.07. The first-order valence-corrected chi connectivity index (χ1v) is 7.00. The number of benzene rings is 1. The van der Waals surface area contributed by atoms with Gasteiger partial charge < -0.3 is 0 Å². The zero-order valence-corrected chi connectivity index (χ0v) is 11.6. The Labute approximate surface area is 108 Å².